The molecule has 0 aliphatic carbocycles. The van der Waals surface area contributed by atoms with Gasteiger partial charge < -0.3 is 0 Å². The second-order valence-corrected chi connectivity index (χ2v) is 5.18. The van der Waals surface area contributed by atoms with E-state index in [1.807, 2.05) is 48.5 Å². The highest BCUT2D eigenvalue weighted by atomic mass is 14.2. The largest absolute Gasteiger partial charge is 0.192 e. The van der Waals surface area contributed by atoms with Crippen molar-refractivity contribution in [3.05, 3.63) is 70.8 Å². The zero-order valence-electron chi connectivity index (χ0n) is 12.0. The maximum Gasteiger partial charge on any atom is 0.0991 e. The zero-order valence-corrected chi connectivity index (χ0v) is 12.0. The molecule has 104 valence electrons. The number of benzene rings is 2. The summed E-state index contributed by atoms with van der Waals surface area (Å²) in [6.45, 7) is 0. The minimum absolute atomic E-state index is 0.722. The minimum atomic E-state index is 0.722. The van der Waals surface area contributed by atoms with Crippen molar-refractivity contribution in [1.29, 1.82) is 10.5 Å². The Morgan fingerprint density at radius 3 is 1.29 bits per heavy atom. The van der Waals surface area contributed by atoms with Crippen LogP contribution in [0.1, 0.15) is 41.5 Å². The number of hydrogen-bond donors (Lipinski definition) is 0. The summed E-state index contributed by atoms with van der Waals surface area (Å²) in [5, 5.41) is 17.5. The second kappa shape index (κ2) is 7.88. The smallest absolute Gasteiger partial charge is 0.0991 e. The van der Waals surface area contributed by atoms with E-state index in [0.29, 0.717) is 0 Å². The van der Waals surface area contributed by atoms with E-state index in [2.05, 4.69) is 12.1 Å². The summed E-state index contributed by atoms with van der Waals surface area (Å²) in [5.74, 6) is 0. The van der Waals surface area contributed by atoms with Gasteiger partial charge in [-0.05, 0) is 61.1 Å². The molecule has 2 rings (SSSR count). The summed E-state index contributed by atoms with van der Waals surface area (Å²) in [7, 11) is 0. The number of unbranched alkanes of at least 4 members (excludes halogenated alkanes) is 2. The van der Waals surface area contributed by atoms with Crippen molar-refractivity contribution in [3.8, 4) is 12.1 Å². The highest BCUT2D eigenvalue weighted by molar-refractivity contribution is 5.32. The predicted octanol–water partition coefficient (Wildman–Crippen LogP) is 4.39. The molecule has 0 atom stereocenters. The lowest BCUT2D eigenvalue weighted by atomic mass is 10.0. The molecule has 0 fully saturated rings. The molecule has 2 aromatic carbocycles. The quantitative estimate of drug-likeness (QED) is 0.734. The van der Waals surface area contributed by atoms with Crippen molar-refractivity contribution < 1.29 is 0 Å². The van der Waals surface area contributed by atoms with Gasteiger partial charge in [0.1, 0.15) is 0 Å². The molecule has 0 spiro atoms. The van der Waals surface area contributed by atoms with Gasteiger partial charge in [0.25, 0.3) is 0 Å². The van der Waals surface area contributed by atoms with E-state index in [1.165, 1.54) is 30.4 Å². The lowest BCUT2D eigenvalue weighted by Gasteiger charge is -2.03. The number of nitrogens with zero attached hydrogens (tertiary/aromatic N) is 2. The van der Waals surface area contributed by atoms with E-state index in [0.717, 1.165) is 24.0 Å². The molecule has 0 unspecified atom stereocenters. The van der Waals surface area contributed by atoms with Crippen molar-refractivity contribution in [2.75, 3.05) is 0 Å². The highest BCUT2D eigenvalue weighted by Gasteiger charge is 1.97. The van der Waals surface area contributed by atoms with Gasteiger partial charge in [0.05, 0.1) is 23.3 Å². The monoisotopic (exact) mass is 274 g/mol. The molecule has 2 heteroatoms. The van der Waals surface area contributed by atoms with Crippen molar-refractivity contribution in [2.24, 2.45) is 0 Å². The maximum absolute atomic E-state index is 8.75. The second-order valence-electron chi connectivity index (χ2n) is 5.18. The first-order chi connectivity index (χ1) is 10.3. The van der Waals surface area contributed by atoms with Crippen LogP contribution in [-0.2, 0) is 12.8 Å². The van der Waals surface area contributed by atoms with Crippen molar-refractivity contribution >= 4 is 0 Å². The summed E-state index contributed by atoms with van der Waals surface area (Å²) in [5.41, 5.74) is 4.04. The van der Waals surface area contributed by atoms with Crippen LogP contribution < -0.4 is 0 Å². The fourth-order valence-corrected chi connectivity index (χ4v) is 2.33. The summed E-state index contributed by atoms with van der Waals surface area (Å²) >= 11 is 0. The summed E-state index contributed by atoms with van der Waals surface area (Å²) in [6, 6.07) is 20.0. The van der Waals surface area contributed by atoms with Gasteiger partial charge >= 0.3 is 0 Å². The third kappa shape index (κ3) is 4.79. The van der Waals surface area contributed by atoms with Crippen molar-refractivity contribution in [2.45, 2.75) is 32.1 Å². The molecule has 2 aromatic rings. The van der Waals surface area contributed by atoms with Crippen molar-refractivity contribution in [1.82, 2.24) is 0 Å². The van der Waals surface area contributed by atoms with Crippen LogP contribution >= 0.6 is 0 Å². The molecular formula is C19H18N2. The van der Waals surface area contributed by atoms with Crippen LogP contribution in [0.5, 0.6) is 0 Å². The molecule has 0 aliphatic rings. The van der Waals surface area contributed by atoms with Crippen LogP contribution in [0, 0.1) is 22.7 Å². The molecule has 0 aromatic heterocycles. The van der Waals surface area contributed by atoms with Gasteiger partial charge in [0.15, 0.2) is 0 Å². The molecule has 0 saturated carbocycles. The van der Waals surface area contributed by atoms with Crippen LogP contribution in [-0.4, -0.2) is 0 Å². The molecule has 21 heavy (non-hydrogen) atoms. The van der Waals surface area contributed by atoms with Crippen molar-refractivity contribution in [3.63, 3.8) is 0 Å². The summed E-state index contributed by atoms with van der Waals surface area (Å²) < 4.78 is 0. The van der Waals surface area contributed by atoms with Gasteiger partial charge in [-0.15, -0.1) is 0 Å². The van der Waals surface area contributed by atoms with Gasteiger partial charge in [-0.2, -0.15) is 10.5 Å². The van der Waals surface area contributed by atoms with Gasteiger partial charge in [-0.1, -0.05) is 30.7 Å². The molecule has 0 bridgehead atoms. The van der Waals surface area contributed by atoms with Gasteiger partial charge in [0.2, 0.25) is 0 Å². The summed E-state index contributed by atoms with van der Waals surface area (Å²) in [4.78, 5) is 0. The van der Waals surface area contributed by atoms with Gasteiger partial charge in [-0.25, -0.2) is 0 Å². The fourth-order valence-electron chi connectivity index (χ4n) is 2.33. The Morgan fingerprint density at radius 2 is 0.952 bits per heavy atom. The Kier molecular flexibility index (Phi) is 5.56. The first-order valence-corrected chi connectivity index (χ1v) is 7.30. The Morgan fingerprint density at radius 1 is 0.571 bits per heavy atom. The third-order valence-corrected chi connectivity index (χ3v) is 3.60. The predicted molar refractivity (Wildman–Crippen MR) is 83.6 cm³/mol. The standard InChI is InChI=1S/C19H18N2/c20-14-18-10-6-16(7-11-18)4-2-1-3-5-17-8-12-19(15-21)13-9-17/h6-13H,1-5H2. The van der Waals surface area contributed by atoms with E-state index in [1.54, 1.807) is 0 Å². The average molecular weight is 274 g/mol. The van der Waals surface area contributed by atoms with Gasteiger partial charge in [-0.3, -0.25) is 0 Å². The third-order valence-electron chi connectivity index (χ3n) is 3.60. The highest BCUT2D eigenvalue weighted by Crippen LogP contribution is 2.11. The Hall–Kier alpha value is -2.58. The van der Waals surface area contributed by atoms with Crippen LogP contribution in [0.15, 0.2) is 48.5 Å². The minimum Gasteiger partial charge on any atom is -0.192 e. The average Bonchev–Trinajstić information content (AvgIpc) is 2.55. The van der Waals surface area contributed by atoms with E-state index in [-0.39, 0.29) is 0 Å². The molecular weight excluding hydrogens is 256 g/mol. The van der Waals surface area contributed by atoms with Crippen LogP contribution in [0.25, 0.3) is 0 Å². The van der Waals surface area contributed by atoms with E-state index in [9.17, 15) is 0 Å². The fraction of sp³-hybridized carbons (Fsp3) is 0.263. The molecule has 0 N–H and O–H groups in total. The van der Waals surface area contributed by atoms with E-state index < -0.39 is 0 Å². The lowest BCUT2D eigenvalue weighted by Crippen LogP contribution is -1.89. The number of nitriles is 2. The Bertz CT molecular complexity index is 580. The molecule has 0 radical (unpaired) electrons. The van der Waals surface area contributed by atoms with E-state index in [4.69, 9.17) is 10.5 Å². The molecule has 0 saturated heterocycles. The molecule has 0 aliphatic heterocycles. The lowest BCUT2D eigenvalue weighted by molar-refractivity contribution is 0.678. The number of hydrogen-bond acceptors (Lipinski definition) is 2. The SMILES string of the molecule is N#Cc1ccc(CCCCCc2ccc(C#N)cc2)cc1. The number of rotatable bonds is 6. The topological polar surface area (TPSA) is 47.6 Å². The molecule has 2 nitrogen and oxygen atoms in total. The van der Waals surface area contributed by atoms with Gasteiger partial charge in [0, 0.05) is 0 Å². The maximum atomic E-state index is 8.75. The summed E-state index contributed by atoms with van der Waals surface area (Å²) in [6.07, 6.45) is 5.67. The van der Waals surface area contributed by atoms with E-state index >= 15 is 0 Å². The molecule has 0 amide bonds. The Labute approximate surface area is 126 Å². The molecule has 0 heterocycles. The van der Waals surface area contributed by atoms with Crippen LogP contribution in [0.2, 0.25) is 0 Å². The first kappa shape index (κ1) is 14.8. The number of aryl methyl sites for hydroxylation is 2. The normalized spacial score (nSPS) is 9.81. The first-order valence-electron chi connectivity index (χ1n) is 7.30. The van der Waals surface area contributed by atoms with Crippen LogP contribution in [0.3, 0.4) is 0 Å². The van der Waals surface area contributed by atoms with Crippen LogP contribution in [0.4, 0.5) is 0 Å². The Balaban J connectivity index is 1.67. The zero-order chi connectivity index (χ0) is 14.9.